The molecule has 0 unspecified atom stereocenters. The lowest BCUT2D eigenvalue weighted by molar-refractivity contribution is 0.372. The third-order valence-electron chi connectivity index (χ3n) is 0.957. The van der Waals surface area contributed by atoms with Gasteiger partial charge in [0, 0.05) is 26.2 Å². The molecule has 0 aromatic carbocycles. The van der Waals surface area contributed by atoms with Crippen LogP contribution in [0.1, 0.15) is 0 Å². The highest BCUT2D eigenvalue weighted by Crippen LogP contribution is 2.20. The normalized spacial score (nSPS) is 16.4. The minimum Gasteiger partial charge on any atom is -0.314 e. The number of nitrogens with one attached hydrogen (secondary N) is 2. The molecular formula is C4H18N4O6P2. The Morgan fingerprint density at radius 3 is 0.938 bits per heavy atom. The molecule has 1 saturated heterocycles. The molecule has 16 heavy (non-hydrogen) atoms. The van der Waals surface area contributed by atoms with Crippen LogP contribution in [-0.4, -0.2) is 45.8 Å². The Labute approximate surface area is 92.8 Å². The summed E-state index contributed by atoms with van der Waals surface area (Å²) in [5.41, 5.74) is 8.04. The second-order valence-corrected chi connectivity index (χ2v) is 5.03. The Balaban J connectivity index is 0. The van der Waals surface area contributed by atoms with Crippen LogP contribution in [0.15, 0.2) is 0 Å². The van der Waals surface area contributed by atoms with E-state index in [1.165, 1.54) is 0 Å². The van der Waals surface area contributed by atoms with Gasteiger partial charge in [-0.1, -0.05) is 0 Å². The third-order valence-corrected chi connectivity index (χ3v) is 0.957. The number of piperazine rings is 1. The molecule has 1 rings (SSSR count). The molecule has 1 aliphatic rings. The van der Waals surface area contributed by atoms with Crippen LogP contribution < -0.4 is 21.6 Å². The van der Waals surface area contributed by atoms with E-state index >= 15 is 0 Å². The molecule has 0 aliphatic carbocycles. The molecule has 0 amide bonds. The predicted molar refractivity (Wildman–Crippen MR) is 58.2 cm³/mol. The molecule has 1 aliphatic heterocycles. The fourth-order valence-corrected chi connectivity index (χ4v) is 0.604. The Bertz CT molecular complexity index is 199. The quantitative estimate of drug-likeness (QED) is 0.216. The van der Waals surface area contributed by atoms with E-state index in [4.69, 9.17) is 28.7 Å². The topological polar surface area (TPSA) is 191 Å². The first-order valence-electron chi connectivity index (χ1n) is 4.10. The Morgan fingerprint density at radius 2 is 0.875 bits per heavy atom. The van der Waals surface area contributed by atoms with Gasteiger partial charge in [-0.3, -0.25) is 0 Å². The van der Waals surface area contributed by atoms with Crippen molar-refractivity contribution in [3.63, 3.8) is 0 Å². The zero-order valence-electron chi connectivity index (χ0n) is 8.48. The summed E-state index contributed by atoms with van der Waals surface area (Å²) in [7, 11) is -8.28. The highest BCUT2D eigenvalue weighted by Gasteiger charge is 1.97. The summed E-state index contributed by atoms with van der Waals surface area (Å²) in [6.45, 7) is 4.56. The van der Waals surface area contributed by atoms with E-state index in [1.54, 1.807) is 0 Å². The summed E-state index contributed by atoms with van der Waals surface area (Å²) < 4.78 is 18.2. The van der Waals surface area contributed by atoms with Crippen molar-refractivity contribution >= 4 is 15.5 Å². The fraction of sp³-hybridized carbons (Fsp3) is 1.00. The summed E-state index contributed by atoms with van der Waals surface area (Å²) in [5.74, 6) is 0. The van der Waals surface area contributed by atoms with Crippen molar-refractivity contribution in [3.05, 3.63) is 0 Å². The summed E-state index contributed by atoms with van der Waals surface area (Å²) >= 11 is 0. The van der Waals surface area contributed by atoms with Gasteiger partial charge in [0.15, 0.2) is 0 Å². The maximum atomic E-state index is 9.10. The van der Waals surface area contributed by atoms with Gasteiger partial charge in [-0.15, -0.1) is 0 Å². The van der Waals surface area contributed by atoms with Gasteiger partial charge in [0.25, 0.3) is 0 Å². The van der Waals surface area contributed by atoms with Crippen LogP contribution in [0, 0.1) is 0 Å². The lowest BCUT2D eigenvalue weighted by atomic mass is 10.4. The Kier molecular flexibility index (Phi) is 10.6. The van der Waals surface area contributed by atoms with Gasteiger partial charge in [0.2, 0.25) is 0 Å². The number of hydrogen-bond donors (Lipinski definition) is 8. The van der Waals surface area contributed by atoms with E-state index in [1.807, 2.05) is 0 Å². The van der Waals surface area contributed by atoms with Crippen LogP contribution in [-0.2, 0) is 9.13 Å². The largest absolute Gasteiger partial charge is 0.397 e. The third kappa shape index (κ3) is 64.8. The molecule has 0 aromatic heterocycles. The van der Waals surface area contributed by atoms with Crippen molar-refractivity contribution in [1.82, 2.24) is 10.6 Å². The molecule has 0 bridgehead atoms. The van der Waals surface area contributed by atoms with Crippen LogP contribution >= 0.6 is 15.5 Å². The minimum atomic E-state index is -4.14. The number of rotatable bonds is 0. The van der Waals surface area contributed by atoms with E-state index < -0.39 is 15.5 Å². The molecule has 0 spiro atoms. The van der Waals surface area contributed by atoms with Crippen molar-refractivity contribution < 1.29 is 28.7 Å². The van der Waals surface area contributed by atoms with Crippen LogP contribution in [0.5, 0.6) is 0 Å². The SMILES string of the molecule is C1CNCCN1.NP(=O)(O)O.NP(=O)(O)O. The van der Waals surface area contributed by atoms with Gasteiger partial charge in [-0.05, 0) is 0 Å². The molecule has 1 fully saturated rings. The van der Waals surface area contributed by atoms with Crippen molar-refractivity contribution in [2.24, 2.45) is 11.0 Å². The standard InChI is InChI=1S/C4H10N2.2H4NO3P/c1-2-6-4-3-5-1;2*1-5(2,3)4/h5-6H,1-4H2;2*(H4,1,2,3,4). The first-order chi connectivity index (χ1) is 7.00. The van der Waals surface area contributed by atoms with Gasteiger partial charge in [-0.2, -0.15) is 0 Å². The molecule has 0 aromatic rings. The molecule has 0 atom stereocenters. The average Bonchev–Trinajstić information content (AvgIpc) is 2.01. The van der Waals surface area contributed by atoms with E-state index in [9.17, 15) is 0 Å². The monoisotopic (exact) mass is 280 g/mol. The number of hydrogen-bond acceptors (Lipinski definition) is 4. The molecule has 100 valence electrons. The first kappa shape index (κ1) is 18.5. The van der Waals surface area contributed by atoms with Crippen molar-refractivity contribution in [2.45, 2.75) is 0 Å². The molecule has 0 radical (unpaired) electrons. The van der Waals surface area contributed by atoms with Crippen molar-refractivity contribution in [2.75, 3.05) is 26.2 Å². The first-order valence-corrected chi connectivity index (χ1v) is 7.46. The summed E-state index contributed by atoms with van der Waals surface area (Å²) in [5, 5.41) is 6.44. The smallest absolute Gasteiger partial charge is 0.314 e. The van der Waals surface area contributed by atoms with Gasteiger partial charge >= 0.3 is 15.5 Å². The van der Waals surface area contributed by atoms with Gasteiger partial charge in [0.1, 0.15) is 0 Å². The van der Waals surface area contributed by atoms with Crippen LogP contribution in [0.2, 0.25) is 0 Å². The van der Waals surface area contributed by atoms with E-state index in [0.29, 0.717) is 0 Å². The molecule has 12 heteroatoms. The van der Waals surface area contributed by atoms with Gasteiger partial charge in [0.05, 0.1) is 0 Å². The van der Waals surface area contributed by atoms with E-state index in [2.05, 4.69) is 21.6 Å². The Hall–Kier alpha value is 0.140. The molecule has 0 saturated carbocycles. The summed E-state index contributed by atoms with van der Waals surface area (Å²) in [4.78, 5) is 29.6. The molecule has 10 nitrogen and oxygen atoms in total. The zero-order valence-corrected chi connectivity index (χ0v) is 10.3. The van der Waals surface area contributed by atoms with Crippen LogP contribution in [0.4, 0.5) is 0 Å². The summed E-state index contributed by atoms with van der Waals surface area (Å²) in [6.07, 6.45) is 0. The van der Waals surface area contributed by atoms with Gasteiger partial charge < -0.3 is 30.2 Å². The highest BCUT2D eigenvalue weighted by atomic mass is 31.2. The van der Waals surface area contributed by atoms with Crippen molar-refractivity contribution in [3.8, 4) is 0 Å². The maximum Gasteiger partial charge on any atom is 0.397 e. The summed E-state index contributed by atoms with van der Waals surface area (Å²) in [6, 6.07) is 0. The molecule has 1 heterocycles. The second-order valence-electron chi connectivity index (χ2n) is 2.68. The number of nitrogens with two attached hydrogens (primary N) is 2. The van der Waals surface area contributed by atoms with E-state index in [-0.39, 0.29) is 0 Å². The zero-order chi connectivity index (χ0) is 13.2. The maximum absolute atomic E-state index is 9.10. The van der Waals surface area contributed by atoms with Crippen LogP contribution in [0.3, 0.4) is 0 Å². The average molecular weight is 280 g/mol. The predicted octanol–water partition coefficient (Wildman–Crippen LogP) is -2.75. The second kappa shape index (κ2) is 9.20. The van der Waals surface area contributed by atoms with Crippen molar-refractivity contribution in [1.29, 1.82) is 0 Å². The molecular weight excluding hydrogens is 262 g/mol. The highest BCUT2D eigenvalue weighted by molar-refractivity contribution is 7.49. The van der Waals surface area contributed by atoms with Gasteiger partial charge in [-0.25, -0.2) is 20.1 Å². The van der Waals surface area contributed by atoms with Crippen LogP contribution in [0.25, 0.3) is 0 Å². The lowest BCUT2D eigenvalue weighted by Crippen LogP contribution is -2.39. The lowest BCUT2D eigenvalue weighted by Gasteiger charge is -2.11. The minimum absolute atomic E-state index is 1.14. The Morgan fingerprint density at radius 1 is 0.750 bits per heavy atom. The fourth-order valence-electron chi connectivity index (χ4n) is 0.604. The molecule has 10 N–H and O–H groups in total. The van der Waals surface area contributed by atoms with E-state index in [0.717, 1.165) is 26.2 Å².